The van der Waals surface area contributed by atoms with Crippen molar-refractivity contribution >= 4 is 22.4 Å². The van der Waals surface area contributed by atoms with E-state index in [0.29, 0.717) is 6.04 Å². The molecule has 1 amide bonds. The lowest BCUT2D eigenvalue weighted by Gasteiger charge is -2.33. The topological polar surface area (TPSA) is 45.2 Å². The molecule has 1 fully saturated rings. The first-order chi connectivity index (χ1) is 12.3. The average molecular weight is 331 g/mol. The molecule has 1 saturated heterocycles. The highest BCUT2D eigenvalue weighted by Crippen LogP contribution is 2.22. The zero-order chi connectivity index (χ0) is 17.1. The normalized spacial score (nSPS) is 15.3. The van der Waals surface area contributed by atoms with Crippen LogP contribution in [0, 0.1) is 0 Å². The zero-order valence-electron chi connectivity index (χ0n) is 14.1. The Kier molecular flexibility index (Phi) is 4.34. The first-order valence-corrected chi connectivity index (χ1v) is 8.75. The van der Waals surface area contributed by atoms with Gasteiger partial charge in [0, 0.05) is 37.1 Å². The van der Waals surface area contributed by atoms with Gasteiger partial charge < -0.3 is 10.2 Å². The van der Waals surface area contributed by atoms with Gasteiger partial charge in [-0.15, -0.1) is 0 Å². The van der Waals surface area contributed by atoms with E-state index in [1.807, 2.05) is 53.6 Å². The van der Waals surface area contributed by atoms with E-state index in [9.17, 15) is 4.79 Å². The molecular weight excluding hydrogens is 310 g/mol. The van der Waals surface area contributed by atoms with Gasteiger partial charge in [0.2, 0.25) is 0 Å². The Hall–Kier alpha value is -2.88. The van der Waals surface area contributed by atoms with E-state index in [-0.39, 0.29) is 5.91 Å². The molecule has 3 aromatic rings. The highest BCUT2D eigenvalue weighted by atomic mass is 16.2. The number of fused-ring (bicyclic) bond motifs is 1. The molecule has 0 unspecified atom stereocenters. The molecule has 25 heavy (non-hydrogen) atoms. The van der Waals surface area contributed by atoms with Crippen LogP contribution in [0.25, 0.3) is 10.8 Å². The first-order valence-electron chi connectivity index (χ1n) is 8.75. The number of carbonyl (C=O) groups excluding carboxylic acids is 1. The predicted octanol–water partition coefficient (Wildman–Crippen LogP) is 3.95. The number of aromatic nitrogens is 1. The molecule has 1 N–H and O–H groups in total. The molecule has 0 aliphatic carbocycles. The molecule has 0 saturated carbocycles. The van der Waals surface area contributed by atoms with Crippen LogP contribution in [0.4, 0.5) is 5.69 Å². The summed E-state index contributed by atoms with van der Waals surface area (Å²) in [6.07, 6.45) is 5.51. The van der Waals surface area contributed by atoms with Crippen molar-refractivity contribution in [3.05, 3.63) is 72.6 Å². The summed E-state index contributed by atoms with van der Waals surface area (Å²) in [7, 11) is 0. The number of likely N-dealkylation sites (tertiary alicyclic amines) is 1. The molecule has 1 aromatic heterocycles. The number of piperidine rings is 1. The molecule has 4 heteroatoms. The summed E-state index contributed by atoms with van der Waals surface area (Å²) in [5.41, 5.74) is 1.85. The number of carbonyl (C=O) groups is 1. The molecule has 0 atom stereocenters. The van der Waals surface area contributed by atoms with Gasteiger partial charge >= 0.3 is 0 Å². The van der Waals surface area contributed by atoms with Crippen LogP contribution >= 0.6 is 0 Å². The Bertz CT molecular complexity index is 865. The van der Waals surface area contributed by atoms with Crippen molar-refractivity contribution in [1.29, 1.82) is 0 Å². The summed E-state index contributed by atoms with van der Waals surface area (Å²) < 4.78 is 0. The second-order valence-corrected chi connectivity index (χ2v) is 6.48. The van der Waals surface area contributed by atoms with Crippen LogP contribution < -0.4 is 5.32 Å². The van der Waals surface area contributed by atoms with Crippen LogP contribution in [-0.4, -0.2) is 34.9 Å². The summed E-state index contributed by atoms with van der Waals surface area (Å²) in [5.74, 6) is 0.136. The van der Waals surface area contributed by atoms with Crippen molar-refractivity contribution in [3.63, 3.8) is 0 Å². The number of nitrogens with zero attached hydrogens (tertiary/aromatic N) is 2. The van der Waals surface area contributed by atoms with E-state index in [1.165, 1.54) is 0 Å². The van der Waals surface area contributed by atoms with Gasteiger partial charge in [0.15, 0.2) is 0 Å². The van der Waals surface area contributed by atoms with Crippen LogP contribution in [0.15, 0.2) is 67.0 Å². The molecule has 1 aliphatic rings. The van der Waals surface area contributed by atoms with Gasteiger partial charge in [0.25, 0.3) is 5.91 Å². The fourth-order valence-corrected chi connectivity index (χ4v) is 3.49. The van der Waals surface area contributed by atoms with Crippen LogP contribution in [0.5, 0.6) is 0 Å². The summed E-state index contributed by atoms with van der Waals surface area (Å²) in [4.78, 5) is 19.1. The maximum atomic E-state index is 13.0. The van der Waals surface area contributed by atoms with E-state index in [0.717, 1.165) is 48.0 Å². The molecule has 126 valence electrons. The Morgan fingerprint density at radius 3 is 2.60 bits per heavy atom. The lowest BCUT2D eigenvalue weighted by Crippen LogP contribution is -2.42. The van der Waals surface area contributed by atoms with Crippen molar-refractivity contribution in [2.75, 3.05) is 18.4 Å². The second-order valence-electron chi connectivity index (χ2n) is 6.48. The van der Waals surface area contributed by atoms with Crippen LogP contribution in [-0.2, 0) is 0 Å². The van der Waals surface area contributed by atoms with Crippen molar-refractivity contribution in [2.45, 2.75) is 18.9 Å². The van der Waals surface area contributed by atoms with Gasteiger partial charge in [0.1, 0.15) is 0 Å². The fraction of sp³-hybridized carbons (Fsp3) is 0.238. The number of anilines is 1. The number of nitrogens with one attached hydrogen (secondary N) is 1. The zero-order valence-corrected chi connectivity index (χ0v) is 14.1. The number of hydrogen-bond acceptors (Lipinski definition) is 3. The summed E-state index contributed by atoms with van der Waals surface area (Å²) >= 11 is 0. The van der Waals surface area contributed by atoms with E-state index in [4.69, 9.17) is 0 Å². The standard InChI is InChI=1S/C21H21N3O/c25-21(20-9-3-6-16-5-1-2-8-19(16)20)24-13-10-17(11-14-24)23-18-7-4-12-22-15-18/h1-9,12,15,17,23H,10-11,13-14H2. The van der Waals surface area contributed by atoms with Gasteiger partial charge in [-0.1, -0.05) is 36.4 Å². The quantitative estimate of drug-likeness (QED) is 0.790. The number of pyridine rings is 1. The SMILES string of the molecule is O=C(c1cccc2ccccc12)N1CCC(Nc2cccnc2)CC1. The molecule has 0 spiro atoms. The third kappa shape index (κ3) is 3.33. The lowest BCUT2D eigenvalue weighted by molar-refractivity contribution is 0.0720. The highest BCUT2D eigenvalue weighted by Gasteiger charge is 2.24. The Morgan fingerprint density at radius 1 is 1.00 bits per heavy atom. The largest absolute Gasteiger partial charge is 0.381 e. The average Bonchev–Trinajstić information content (AvgIpc) is 2.68. The minimum Gasteiger partial charge on any atom is -0.381 e. The summed E-state index contributed by atoms with van der Waals surface area (Å²) in [6.45, 7) is 1.56. The van der Waals surface area contributed by atoms with Crippen molar-refractivity contribution in [2.24, 2.45) is 0 Å². The fourth-order valence-electron chi connectivity index (χ4n) is 3.49. The third-order valence-electron chi connectivity index (χ3n) is 4.83. The Labute approximate surface area is 147 Å². The molecular formula is C21H21N3O. The summed E-state index contributed by atoms with van der Waals surface area (Å²) in [6, 6.07) is 18.4. The molecule has 0 bridgehead atoms. The maximum Gasteiger partial charge on any atom is 0.254 e. The van der Waals surface area contributed by atoms with E-state index < -0.39 is 0 Å². The monoisotopic (exact) mass is 331 g/mol. The van der Waals surface area contributed by atoms with Crippen LogP contribution in [0.1, 0.15) is 23.2 Å². The number of amides is 1. The third-order valence-corrected chi connectivity index (χ3v) is 4.83. The smallest absolute Gasteiger partial charge is 0.254 e. The summed E-state index contributed by atoms with van der Waals surface area (Å²) in [5, 5.41) is 5.65. The molecule has 4 rings (SSSR count). The molecule has 2 heterocycles. The Balaban J connectivity index is 1.44. The van der Waals surface area contributed by atoms with Crippen molar-refractivity contribution in [3.8, 4) is 0 Å². The number of rotatable bonds is 3. The molecule has 1 aliphatic heterocycles. The van der Waals surface area contributed by atoms with Gasteiger partial charge in [-0.2, -0.15) is 0 Å². The minimum atomic E-state index is 0.136. The molecule has 2 aromatic carbocycles. The first kappa shape index (κ1) is 15.6. The number of hydrogen-bond donors (Lipinski definition) is 1. The molecule has 0 radical (unpaired) electrons. The van der Waals surface area contributed by atoms with Gasteiger partial charge in [0.05, 0.1) is 5.69 Å². The second kappa shape index (κ2) is 6.93. The van der Waals surface area contributed by atoms with Gasteiger partial charge in [-0.25, -0.2) is 0 Å². The molecule has 4 nitrogen and oxygen atoms in total. The van der Waals surface area contributed by atoms with Crippen LogP contribution in [0.3, 0.4) is 0 Å². The van der Waals surface area contributed by atoms with Crippen LogP contribution in [0.2, 0.25) is 0 Å². The van der Waals surface area contributed by atoms with Crippen molar-refractivity contribution in [1.82, 2.24) is 9.88 Å². The van der Waals surface area contributed by atoms with E-state index in [1.54, 1.807) is 6.20 Å². The van der Waals surface area contributed by atoms with E-state index in [2.05, 4.69) is 22.4 Å². The highest BCUT2D eigenvalue weighted by molar-refractivity contribution is 6.07. The maximum absolute atomic E-state index is 13.0. The van der Waals surface area contributed by atoms with Gasteiger partial charge in [-0.05, 0) is 41.8 Å². The predicted molar refractivity (Wildman–Crippen MR) is 101 cm³/mol. The number of benzene rings is 2. The van der Waals surface area contributed by atoms with Gasteiger partial charge in [-0.3, -0.25) is 9.78 Å². The van der Waals surface area contributed by atoms with E-state index >= 15 is 0 Å². The Morgan fingerprint density at radius 2 is 1.80 bits per heavy atom. The van der Waals surface area contributed by atoms with Crippen molar-refractivity contribution < 1.29 is 4.79 Å². The lowest BCUT2D eigenvalue weighted by atomic mass is 10.0. The minimum absolute atomic E-state index is 0.136.